The van der Waals surface area contributed by atoms with Crippen LogP contribution in [-0.4, -0.2) is 11.5 Å². The van der Waals surface area contributed by atoms with Crippen molar-refractivity contribution in [1.82, 2.24) is 0 Å². The van der Waals surface area contributed by atoms with Gasteiger partial charge < -0.3 is 5.73 Å². The molecule has 21 heavy (non-hydrogen) atoms. The first-order valence-corrected chi connectivity index (χ1v) is 7.25. The van der Waals surface area contributed by atoms with Gasteiger partial charge in [0.05, 0.1) is 5.71 Å². The number of amidine groups is 1. The SMILES string of the molecule is CC1=NC(c2ccc(F)cc2)(c2cccc(Br)c2)N=C1N. The Morgan fingerprint density at radius 2 is 1.76 bits per heavy atom. The number of hydrogen-bond donors (Lipinski definition) is 1. The first-order chi connectivity index (χ1) is 10.0. The predicted octanol–water partition coefficient (Wildman–Crippen LogP) is 3.62. The van der Waals surface area contributed by atoms with Crippen LogP contribution in [0.15, 0.2) is 63.0 Å². The molecule has 106 valence electrons. The van der Waals surface area contributed by atoms with Gasteiger partial charge >= 0.3 is 0 Å². The molecule has 5 heteroatoms. The van der Waals surface area contributed by atoms with E-state index < -0.39 is 5.66 Å². The zero-order chi connectivity index (χ0) is 15.0. The van der Waals surface area contributed by atoms with Gasteiger partial charge in [-0.15, -0.1) is 0 Å². The van der Waals surface area contributed by atoms with Gasteiger partial charge in [-0.25, -0.2) is 14.4 Å². The monoisotopic (exact) mass is 345 g/mol. The molecule has 0 aliphatic carbocycles. The summed E-state index contributed by atoms with van der Waals surface area (Å²) in [5.74, 6) is 0.109. The zero-order valence-electron chi connectivity index (χ0n) is 11.3. The number of aliphatic imine (C=N–C) groups is 2. The lowest BCUT2D eigenvalue weighted by molar-refractivity contribution is 0.580. The van der Waals surface area contributed by atoms with Crippen molar-refractivity contribution in [3.05, 3.63) is 69.9 Å². The van der Waals surface area contributed by atoms with E-state index in [2.05, 4.69) is 25.9 Å². The fourth-order valence-corrected chi connectivity index (χ4v) is 2.79. The van der Waals surface area contributed by atoms with E-state index in [9.17, 15) is 4.39 Å². The van der Waals surface area contributed by atoms with Gasteiger partial charge in [0.1, 0.15) is 11.7 Å². The molecule has 2 aromatic carbocycles. The second kappa shape index (κ2) is 5.07. The van der Waals surface area contributed by atoms with Crippen LogP contribution in [0.4, 0.5) is 4.39 Å². The van der Waals surface area contributed by atoms with Crippen LogP contribution in [0.1, 0.15) is 18.1 Å². The Bertz CT molecular complexity index is 732. The quantitative estimate of drug-likeness (QED) is 0.887. The Morgan fingerprint density at radius 3 is 2.33 bits per heavy atom. The third-order valence-corrected chi connectivity index (χ3v) is 3.95. The summed E-state index contributed by atoms with van der Waals surface area (Å²) in [6, 6.07) is 13.9. The van der Waals surface area contributed by atoms with Gasteiger partial charge in [-0.05, 0) is 31.2 Å². The molecule has 2 aromatic rings. The molecule has 2 N–H and O–H groups in total. The average Bonchev–Trinajstić information content (AvgIpc) is 2.76. The molecule has 3 rings (SSSR count). The van der Waals surface area contributed by atoms with E-state index in [1.54, 1.807) is 12.1 Å². The third kappa shape index (κ3) is 2.38. The van der Waals surface area contributed by atoms with E-state index in [1.807, 2.05) is 31.2 Å². The molecule has 0 amide bonds. The Hall–Kier alpha value is -2.01. The molecule has 3 nitrogen and oxygen atoms in total. The van der Waals surface area contributed by atoms with Gasteiger partial charge in [0, 0.05) is 15.6 Å². The predicted molar refractivity (Wildman–Crippen MR) is 86.1 cm³/mol. The van der Waals surface area contributed by atoms with Crippen LogP contribution < -0.4 is 5.73 Å². The Balaban J connectivity index is 2.25. The molecule has 1 heterocycles. The van der Waals surface area contributed by atoms with Crippen LogP contribution >= 0.6 is 15.9 Å². The van der Waals surface area contributed by atoms with Crippen molar-refractivity contribution in [3.63, 3.8) is 0 Å². The Morgan fingerprint density at radius 1 is 1.05 bits per heavy atom. The molecule has 0 spiro atoms. The lowest BCUT2D eigenvalue weighted by Crippen LogP contribution is -2.22. The maximum absolute atomic E-state index is 13.2. The Kier molecular flexibility index (Phi) is 3.37. The average molecular weight is 346 g/mol. The number of halogens is 2. The van der Waals surface area contributed by atoms with Crippen molar-refractivity contribution in [2.24, 2.45) is 15.7 Å². The molecule has 0 saturated heterocycles. The van der Waals surface area contributed by atoms with E-state index in [4.69, 9.17) is 5.73 Å². The number of benzene rings is 2. The highest BCUT2D eigenvalue weighted by atomic mass is 79.9. The summed E-state index contributed by atoms with van der Waals surface area (Å²) in [5, 5.41) is 0. The summed E-state index contributed by atoms with van der Waals surface area (Å²) >= 11 is 3.46. The van der Waals surface area contributed by atoms with E-state index in [0.29, 0.717) is 11.5 Å². The molecule has 1 unspecified atom stereocenters. The van der Waals surface area contributed by atoms with Crippen LogP contribution in [-0.2, 0) is 5.66 Å². The van der Waals surface area contributed by atoms with Crippen LogP contribution in [0.25, 0.3) is 0 Å². The largest absolute Gasteiger partial charge is 0.382 e. The van der Waals surface area contributed by atoms with Crippen LogP contribution in [0, 0.1) is 5.82 Å². The van der Waals surface area contributed by atoms with Crippen LogP contribution in [0.3, 0.4) is 0 Å². The lowest BCUT2D eigenvalue weighted by atomic mass is 9.92. The molecule has 0 fully saturated rings. The molecule has 1 aliphatic heterocycles. The van der Waals surface area contributed by atoms with Crippen LogP contribution in [0.2, 0.25) is 0 Å². The highest BCUT2D eigenvalue weighted by Gasteiger charge is 2.38. The highest BCUT2D eigenvalue weighted by Crippen LogP contribution is 2.39. The minimum Gasteiger partial charge on any atom is -0.382 e. The fourth-order valence-electron chi connectivity index (χ4n) is 2.39. The molecular weight excluding hydrogens is 333 g/mol. The summed E-state index contributed by atoms with van der Waals surface area (Å²) in [6.07, 6.45) is 0. The summed E-state index contributed by atoms with van der Waals surface area (Å²) in [7, 11) is 0. The van der Waals surface area contributed by atoms with Crippen molar-refractivity contribution >= 4 is 27.5 Å². The highest BCUT2D eigenvalue weighted by molar-refractivity contribution is 9.10. The topological polar surface area (TPSA) is 50.7 Å². The fraction of sp³-hybridized carbons (Fsp3) is 0.125. The number of nitrogens with zero attached hydrogens (tertiary/aromatic N) is 2. The third-order valence-electron chi connectivity index (χ3n) is 3.46. The molecular formula is C16H13BrFN3. The molecule has 0 aromatic heterocycles. The van der Waals surface area contributed by atoms with E-state index in [1.165, 1.54) is 12.1 Å². The molecule has 0 saturated carbocycles. The van der Waals surface area contributed by atoms with Gasteiger partial charge in [-0.1, -0.05) is 40.2 Å². The smallest absolute Gasteiger partial charge is 0.204 e. The van der Waals surface area contributed by atoms with Crippen molar-refractivity contribution in [2.75, 3.05) is 0 Å². The van der Waals surface area contributed by atoms with E-state index in [0.717, 1.165) is 15.6 Å². The minimum atomic E-state index is -0.939. The first kappa shape index (κ1) is 13.9. The van der Waals surface area contributed by atoms with Crippen molar-refractivity contribution in [3.8, 4) is 0 Å². The summed E-state index contributed by atoms with van der Waals surface area (Å²) < 4.78 is 14.1. The van der Waals surface area contributed by atoms with Gasteiger partial charge in [0.25, 0.3) is 0 Å². The normalized spacial score (nSPS) is 21.1. The van der Waals surface area contributed by atoms with Gasteiger partial charge in [-0.3, -0.25) is 0 Å². The summed E-state index contributed by atoms with van der Waals surface area (Å²) in [4.78, 5) is 9.22. The number of hydrogen-bond acceptors (Lipinski definition) is 3. The molecule has 0 bridgehead atoms. The second-order valence-corrected chi connectivity index (χ2v) is 5.80. The van der Waals surface area contributed by atoms with E-state index in [-0.39, 0.29) is 5.82 Å². The van der Waals surface area contributed by atoms with Crippen molar-refractivity contribution < 1.29 is 4.39 Å². The molecule has 0 radical (unpaired) electrons. The van der Waals surface area contributed by atoms with E-state index >= 15 is 0 Å². The van der Waals surface area contributed by atoms with Gasteiger partial charge in [0.2, 0.25) is 5.66 Å². The number of nitrogens with two attached hydrogens (primary N) is 1. The van der Waals surface area contributed by atoms with Crippen LogP contribution in [0.5, 0.6) is 0 Å². The second-order valence-electron chi connectivity index (χ2n) is 4.88. The molecule has 1 aliphatic rings. The van der Waals surface area contributed by atoms with Gasteiger partial charge in [0.15, 0.2) is 0 Å². The summed E-state index contributed by atoms with van der Waals surface area (Å²) in [6.45, 7) is 1.82. The summed E-state index contributed by atoms with van der Waals surface area (Å²) in [5.41, 5.74) is 7.33. The van der Waals surface area contributed by atoms with Crippen molar-refractivity contribution in [1.29, 1.82) is 0 Å². The maximum Gasteiger partial charge on any atom is 0.204 e. The first-order valence-electron chi connectivity index (χ1n) is 6.45. The molecule has 1 atom stereocenters. The maximum atomic E-state index is 13.2. The Labute approximate surface area is 130 Å². The van der Waals surface area contributed by atoms with Crippen molar-refractivity contribution in [2.45, 2.75) is 12.6 Å². The lowest BCUT2D eigenvalue weighted by Gasteiger charge is -2.24. The number of rotatable bonds is 2. The standard InChI is InChI=1S/C16H13BrFN3/c1-10-15(19)21-16(20-10,11-5-7-14(18)8-6-11)12-3-2-4-13(17)9-12/h2-9H,1H3,(H2,19,21). The minimum absolute atomic E-state index is 0.293. The van der Waals surface area contributed by atoms with Gasteiger partial charge in [-0.2, -0.15) is 0 Å². The zero-order valence-corrected chi connectivity index (χ0v) is 12.9.